The average Bonchev–Trinajstić information content (AvgIpc) is 2.70. The van der Waals surface area contributed by atoms with Gasteiger partial charge in [-0.15, -0.1) is 0 Å². The molecule has 0 radical (unpaired) electrons. The molecular formula is C21H18BrN3O4. The molecule has 3 rings (SSSR count). The number of hydrogen-bond acceptors (Lipinski definition) is 4. The van der Waals surface area contributed by atoms with Crippen LogP contribution in [0.5, 0.6) is 0 Å². The summed E-state index contributed by atoms with van der Waals surface area (Å²) in [6.07, 6.45) is 0.142. The lowest BCUT2D eigenvalue weighted by atomic mass is 10.1. The molecule has 0 spiro atoms. The molecule has 1 atom stereocenters. The van der Waals surface area contributed by atoms with Crippen LogP contribution in [-0.2, 0) is 22.6 Å². The molecule has 2 N–H and O–H groups in total. The third kappa shape index (κ3) is 5.61. The van der Waals surface area contributed by atoms with Crippen LogP contribution in [0.25, 0.3) is 11.3 Å². The molecule has 1 amide bonds. The first-order valence-corrected chi connectivity index (χ1v) is 9.62. The van der Waals surface area contributed by atoms with Gasteiger partial charge in [-0.2, -0.15) is 5.10 Å². The van der Waals surface area contributed by atoms with Crippen LogP contribution in [0.2, 0.25) is 0 Å². The van der Waals surface area contributed by atoms with Crippen LogP contribution in [0, 0.1) is 0 Å². The summed E-state index contributed by atoms with van der Waals surface area (Å²) in [6.45, 7) is -0.373. The standard InChI is InChI=1S/C21H18BrN3O4/c22-16-8-6-15(7-9-16)17-10-11-20(27)25(24-17)13-19(26)23-18(21(28)29)12-14-4-2-1-3-5-14/h1-11,18H,12-13H2,(H,23,26)(H,28,29). The molecule has 2 aromatic carbocycles. The summed E-state index contributed by atoms with van der Waals surface area (Å²) < 4.78 is 1.93. The van der Waals surface area contributed by atoms with Crippen molar-refractivity contribution >= 4 is 27.8 Å². The number of rotatable bonds is 7. The molecule has 0 fully saturated rings. The molecule has 29 heavy (non-hydrogen) atoms. The molecule has 0 aliphatic carbocycles. The smallest absolute Gasteiger partial charge is 0.326 e. The predicted molar refractivity (Wildman–Crippen MR) is 111 cm³/mol. The average molecular weight is 456 g/mol. The lowest BCUT2D eigenvalue weighted by Crippen LogP contribution is -2.44. The summed E-state index contributed by atoms with van der Waals surface area (Å²) in [5, 5.41) is 16.1. The van der Waals surface area contributed by atoms with Crippen molar-refractivity contribution in [3.63, 3.8) is 0 Å². The van der Waals surface area contributed by atoms with E-state index in [1.165, 1.54) is 6.07 Å². The van der Waals surface area contributed by atoms with Crippen molar-refractivity contribution in [3.8, 4) is 11.3 Å². The number of carbonyl (C=O) groups is 2. The fraction of sp³-hybridized carbons (Fsp3) is 0.143. The maximum Gasteiger partial charge on any atom is 0.326 e. The Morgan fingerprint density at radius 2 is 1.72 bits per heavy atom. The van der Waals surface area contributed by atoms with Gasteiger partial charge in [0.1, 0.15) is 12.6 Å². The number of carboxylic acid groups (broad SMARTS) is 1. The summed E-state index contributed by atoms with van der Waals surface area (Å²) in [5.74, 6) is -1.75. The van der Waals surface area contributed by atoms with E-state index in [2.05, 4.69) is 26.3 Å². The lowest BCUT2D eigenvalue weighted by molar-refractivity contribution is -0.141. The normalized spacial score (nSPS) is 11.6. The second-order valence-corrected chi connectivity index (χ2v) is 7.29. The predicted octanol–water partition coefficient (Wildman–Crippen LogP) is 2.48. The number of amides is 1. The Balaban J connectivity index is 1.73. The summed E-state index contributed by atoms with van der Waals surface area (Å²) in [6, 6.07) is 18.2. The first-order valence-electron chi connectivity index (χ1n) is 8.82. The van der Waals surface area contributed by atoms with Crippen LogP contribution in [0.15, 0.2) is 76.0 Å². The molecule has 1 heterocycles. The molecule has 0 saturated heterocycles. The number of halogens is 1. The van der Waals surface area contributed by atoms with E-state index < -0.39 is 23.5 Å². The van der Waals surface area contributed by atoms with E-state index in [-0.39, 0.29) is 13.0 Å². The number of nitrogens with zero attached hydrogens (tertiary/aromatic N) is 2. The second kappa shape index (κ2) is 9.29. The van der Waals surface area contributed by atoms with Gasteiger partial charge in [-0.25, -0.2) is 9.48 Å². The van der Waals surface area contributed by atoms with Gasteiger partial charge in [-0.1, -0.05) is 58.4 Å². The minimum atomic E-state index is -1.15. The molecule has 1 aromatic heterocycles. The molecule has 7 nitrogen and oxygen atoms in total. The van der Waals surface area contributed by atoms with Crippen molar-refractivity contribution in [2.75, 3.05) is 0 Å². The van der Waals surface area contributed by atoms with E-state index in [1.807, 2.05) is 30.3 Å². The lowest BCUT2D eigenvalue weighted by Gasteiger charge is -2.15. The van der Waals surface area contributed by atoms with Gasteiger partial charge in [0.15, 0.2) is 0 Å². The van der Waals surface area contributed by atoms with Gasteiger partial charge in [-0.3, -0.25) is 9.59 Å². The molecule has 148 valence electrons. The number of nitrogens with one attached hydrogen (secondary N) is 1. The Morgan fingerprint density at radius 3 is 2.38 bits per heavy atom. The van der Waals surface area contributed by atoms with Gasteiger partial charge in [-0.05, 0) is 23.8 Å². The zero-order valence-electron chi connectivity index (χ0n) is 15.3. The van der Waals surface area contributed by atoms with Crippen LogP contribution in [0.4, 0.5) is 0 Å². The zero-order valence-corrected chi connectivity index (χ0v) is 16.9. The summed E-state index contributed by atoms with van der Waals surface area (Å²) in [4.78, 5) is 36.0. The van der Waals surface area contributed by atoms with Crippen molar-refractivity contribution in [2.24, 2.45) is 0 Å². The van der Waals surface area contributed by atoms with E-state index in [0.29, 0.717) is 5.69 Å². The highest BCUT2D eigenvalue weighted by Gasteiger charge is 2.21. The number of carbonyl (C=O) groups excluding carboxylic acids is 1. The Morgan fingerprint density at radius 1 is 1.03 bits per heavy atom. The molecule has 8 heteroatoms. The van der Waals surface area contributed by atoms with Gasteiger partial charge < -0.3 is 10.4 Å². The maximum atomic E-state index is 12.4. The Bertz CT molecular complexity index is 1070. The highest BCUT2D eigenvalue weighted by molar-refractivity contribution is 9.10. The third-order valence-corrected chi connectivity index (χ3v) is 4.74. The van der Waals surface area contributed by atoms with Crippen molar-refractivity contribution in [1.29, 1.82) is 0 Å². The van der Waals surface area contributed by atoms with Crippen LogP contribution in [0.1, 0.15) is 5.56 Å². The van der Waals surface area contributed by atoms with E-state index in [1.54, 1.807) is 30.3 Å². The number of aliphatic carboxylic acids is 1. The number of benzene rings is 2. The molecule has 1 unspecified atom stereocenters. The van der Waals surface area contributed by atoms with Crippen molar-refractivity contribution in [2.45, 2.75) is 19.0 Å². The Kier molecular flexibility index (Phi) is 6.56. The Labute approximate surface area is 175 Å². The highest BCUT2D eigenvalue weighted by atomic mass is 79.9. The highest BCUT2D eigenvalue weighted by Crippen LogP contribution is 2.18. The van der Waals surface area contributed by atoms with Crippen LogP contribution < -0.4 is 10.9 Å². The van der Waals surface area contributed by atoms with E-state index >= 15 is 0 Å². The summed E-state index contributed by atoms with van der Waals surface area (Å²) in [5.41, 5.74) is 1.66. The number of carboxylic acids is 1. The van der Waals surface area contributed by atoms with Gasteiger partial charge in [0.2, 0.25) is 5.91 Å². The molecule has 0 aliphatic rings. The maximum absolute atomic E-state index is 12.4. The minimum absolute atomic E-state index is 0.142. The Hall–Kier alpha value is -3.26. The van der Waals surface area contributed by atoms with Crippen molar-refractivity contribution in [1.82, 2.24) is 15.1 Å². The fourth-order valence-electron chi connectivity index (χ4n) is 2.76. The van der Waals surface area contributed by atoms with Crippen LogP contribution in [-0.4, -0.2) is 32.8 Å². The summed E-state index contributed by atoms with van der Waals surface area (Å²) in [7, 11) is 0. The van der Waals surface area contributed by atoms with Gasteiger partial charge >= 0.3 is 5.97 Å². The number of aromatic nitrogens is 2. The van der Waals surface area contributed by atoms with Crippen molar-refractivity contribution < 1.29 is 14.7 Å². The largest absolute Gasteiger partial charge is 0.480 e. The van der Waals surface area contributed by atoms with E-state index in [4.69, 9.17) is 0 Å². The van der Waals surface area contributed by atoms with E-state index in [9.17, 15) is 19.5 Å². The molecule has 0 aliphatic heterocycles. The first-order chi connectivity index (χ1) is 13.9. The minimum Gasteiger partial charge on any atom is -0.480 e. The van der Waals surface area contributed by atoms with Crippen LogP contribution in [0.3, 0.4) is 0 Å². The van der Waals surface area contributed by atoms with Gasteiger partial charge in [0, 0.05) is 22.5 Å². The number of hydrogen-bond donors (Lipinski definition) is 2. The summed E-state index contributed by atoms with van der Waals surface area (Å²) >= 11 is 3.36. The van der Waals surface area contributed by atoms with Crippen molar-refractivity contribution in [3.05, 3.63) is 87.1 Å². The van der Waals surface area contributed by atoms with E-state index in [0.717, 1.165) is 20.3 Å². The quantitative estimate of drug-likeness (QED) is 0.569. The van der Waals surface area contributed by atoms with Crippen LogP contribution >= 0.6 is 15.9 Å². The molecule has 0 bridgehead atoms. The molecule has 0 saturated carbocycles. The third-order valence-electron chi connectivity index (χ3n) is 4.22. The molecule has 3 aromatic rings. The van der Waals surface area contributed by atoms with Gasteiger partial charge in [0.25, 0.3) is 5.56 Å². The molecular weight excluding hydrogens is 438 g/mol. The van der Waals surface area contributed by atoms with Gasteiger partial charge in [0.05, 0.1) is 5.69 Å². The topological polar surface area (TPSA) is 101 Å². The monoisotopic (exact) mass is 455 g/mol. The SMILES string of the molecule is O=C(Cn1nc(-c2ccc(Br)cc2)ccc1=O)NC(Cc1ccccc1)C(=O)O. The fourth-order valence-corrected chi connectivity index (χ4v) is 3.03. The zero-order chi connectivity index (χ0) is 20.8. The second-order valence-electron chi connectivity index (χ2n) is 6.37. The first kappa shape index (κ1) is 20.5.